The normalized spacial score (nSPS) is 13.6. The molecule has 0 radical (unpaired) electrons. The largest absolute Gasteiger partial charge is 0.509 e. The molecule has 0 amide bonds. The first-order valence-electron chi connectivity index (χ1n) is 10.5. The molecule has 0 spiro atoms. The van der Waals surface area contributed by atoms with Crippen molar-refractivity contribution in [3.63, 3.8) is 0 Å². The van der Waals surface area contributed by atoms with Crippen LogP contribution in [0.4, 0.5) is 4.79 Å². The molecule has 3 aromatic rings. The van der Waals surface area contributed by atoms with Crippen molar-refractivity contribution < 1.29 is 23.8 Å². The highest BCUT2D eigenvalue weighted by Crippen LogP contribution is 2.44. The van der Waals surface area contributed by atoms with E-state index in [4.69, 9.17) is 19.9 Å². The second-order valence-electron chi connectivity index (χ2n) is 7.70. The minimum Gasteiger partial charge on any atom is -0.466 e. The van der Waals surface area contributed by atoms with Gasteiger partial charge in [-0.2, -0.15) is 0 Å². The van der Waals surface area contributed by atoms with E-state index in [0.29, 0.717) is 6.42 Å². The van der Waals surface area contributed by atoms with Gasteiger partial charge in [0.05, 0.1) is 13.2 Å². The lowest BCUT2D eigenvalue weighted by atomic mass is 9.98. The lowest BCUT2D eigenvalue weighted by Crippen LogP contribution is -2.45. The van der Waals surface area contributed by atoms with E-state index in [0.717, 1.165) is 27.8 Å². The van der Waals surface area contributed by atoms with Gasteiger partial charge < -0.3 is 19.9 Å². The van der Waals surface area contributed by atoms with Gasteiger partial charge in [0, 0.05) is 5.92 Å². The third-order valence-electron chi connectivity index (χ3n) is 5.69. The maximum Gasteiger partial charge on any atom is 0.509 e. The number of hydrogen-bond donors (Lipinski definition) is 1. The summed E-state index contributed by atoms with van der Waals surface area (Å²) in [5.74, 6) is -0.827. The van der Waals surface area contributed by atoms with Crippen LogP contribution in [0.5, 0.6) is 0 Å². The number of esters is 1. The third kappa shape index (κ3) is 5.35. The van der Waals surface area contributed by atoms with Crippen molar-refractivity contribution in [3.8, 4) is 11.1 Å². The van der Waals surface area contributed by atoms with Crippen molar-refractivity contribution in [2.24, 2.45) is 5.73 Å². The number of benzene rings is 3. The quantitative estimate of drug-likeness (QED) is 0.515. The van der Waals surface area contributed by atoms with Gasteiger partial charge >= 0.3 is 12.1 Å². The summed E-state index contributed by atoms with van der Waals surface area (Å²) >= 11 is 0. The molecule has 2 atom stereocenters. The van der Waals surface area contributed by atoms with E-state index >= 15 is 0 Å². The minimum absolute atomic E-state index is 0. The van der Waals surface area contributed by atoms with Gasteiger partial charge in [0.2, 0.25) is 6.10 Å². The van der Waals surface area contributed by atoms with E-state index < -0.39 is 24.3 Å². The average Bonchev–Trinajstić information content (AvgIpc) is 3.15. The van der Waals surface area contributed by atoms with Crippen LogP contribution in [0, 0.1) is 0 Å². The van der Waals surface area contributed by atoms with Crippen LogP contribution in [-0.4, -0.2) is 38.0 Å². The molecule has 0 saturated heterocycles. The summed E-state index contributed by atoms with van der Waals surface area (Å²) in [6.07, 6.45) is -1.88. The van der Waals surface area contributed by atoms with Crippen LogP contribution >= 0.6 is 12.4 Å². The predicted molar refractivity (Wildman–Crippen MR) is 127 cm³/mol. The van der Waals surface area contributed by atoms with Crippen molar-refractivity contribution in [1.29, 1.82) is 0 Å². The summed E-state index contributed by atoms with van der Waals surface area (Å²) in [6.45, 7) is 0.0919. The summed E-state index contributed by atoms with van der Waals surface area (Å²) in [5.41, 5.74) is 11.5. The zero-order valence-electron chi connectivity index (χ0n) is 18.2. The Morgan fingerprint density at radius 3 is 2.00 bits per heavy atom. The lowest BCUT2D eigenvalue weighted by molar-refractivity contribution is -0.153. The SMILES string of the molecule is COC(=O)[C@H](OC(=O)OCC1c2ccccc2-c2ccccc21)[C@@H](N)Cc1ccccc1.Cl. The minimum atomic E-state index is -1.27. The van der Waals surface area contributed by atoms with Crippen LogP contribution in [0.2, 0.25) is 0 Å². The molecule has 0 saturated carbocycles. The molecule has 1 aliphatic carbocycles. The van der Waals surface area contributed by atoms with Crippen LogP contribution in [0.3, 0.4) is 0 Å². The van der Waals surface area contributed by atoms with Crippen molar-refractivity contribution >= 4 is 24.5 Å². The number of nitrogens with two attached hydrogens (primary N) is 1. The van der Waals surface area contributed by atoms with Gasteiger partial charge in [-0.1, -0.05) is 78.9 Å². The molecule has 0 unspecified atom stereocenters. The molecule has 0 aliphatic heterocycles. The topological polar surface area (TPSA) is 87.8 Å². The molecule has 0 heterocycles. The Morgan fingerprint density at radius 2 is 1.42 bits per heavy atom. The summed E-state index contributed by atoms with van der Waals surface area (Å²) < 4.78 is 15.5. The van der Waals surface area contributed by atoms with Crippen molar-refractivity contribution in [1.82, 2.24) is 0 Å². The van der Waals surface area contributed by atoms with Gasteiger partial charge in [-0.3, -0.25) is 0 Å². The van der Waals surface area contributed by atoms with E-state index in [2.05, 4.69) is 12.1 Å². The zero-order valence-corrected chi connectivity index (χ0v) is 19.0. The highest BCUT2D eigenvalue weighted by atomic mass is 35.5. The van der Waals surface area contributed by atoms with Gasteiger partial charge in [-0.15, -0.1) is 12.4 Å². The first-order valence-corrected chi connectivity index (χ1v) is 10.5. The Hall–Kier alpha value is -3.35. The second kappa shape index (κ2) is 11.0. The Labute approximate surface area is 199 Å². The Kier molecular flexibility index (Phi) is 8.09. The number of halogens is 1. The summed E-state index contributed by atoms with van der Waals surface area (Å²) in [6, 6.07) is 24.7. The average molecular weight is 468 g/mol. The second-order valence-corrected chi connectivity index (χ2v) is 7.70. The number of ether oxygens (including phenoxy) is 3. The maximum absolute atomic E-state index is 12.5. The summed E-state index contributed by atoms with van der Waals surface area (Å²) in [7, 11) is 1.23. The summed E-state index contributed by atoms with van der Waals surface area (Å²) in [4.78, 5) is 24.7. The van der Waals surface area contributed by atoms with E-state index in [9.17, 15) is 9.59 Å². The number of carbonyl (C=O) groups excluding carboxylic acids is 2. The predicted octanol–water partition coefficient (Wildman–Crippen LogP) is 4.49. The van der Waals surface area contributed by atoms with E-state index in [-0.39, 0.29) is 24.9 Å². The van der Waals surface area contributed by atoms with Gasteiger partial charge in [0.15, 0.2) is 0 Å². The molecule has 0 fully saturated rings. The van der Waals surface area contributed by atoms with Crippen molar-refractivity contribution in [3.05, 3.63) is 95.6 Å². The number of hydrogen-bond acceptors (Lipinski definition) is 6. The standard InChI is InChI=1S/C26H25NO5.ClH/c1-30-25(28)24(23(27)15-17-9-3-2-4-10-17)32-26(29)31-16-22-20-13-7-5-11-18(20)19-12-6-8-14-21(19)22;/h2-14,22-24H,15-16,27H2,1H3;1H/t23-,24+;/m0./s1. The molecule has 6 nitrogen and oxygen atoms in total. The first kappa shape index (κ1) is 24.3. The Bertz CT molecular complexity index is 1060. The smallest absolute Gasteiger partial charge is 0.466 e. The van der Waals surface area contributed by atoms with Crippen LogP contribution in [0.15, 0.2) is 78.9 Å². The number of carbonyl (C=O) groups is 2. The maximum atomic E-state index is 12.5. The molecular formula is C26H26ClNO5. The molecule has 0 bridgehead atoms. The van der Waals surface area contributed by atoms with Gasteiger partial charge in [-0.25, -0.2) is 9.59 Å². The van der Waals surface area contributed by atoms with E-state index in [1.54, 1.807) is 0 Å². The molecule has 0 aromatic heterocycles. The van der Waals surface area contributed by atoms with Crippen molar-refractivity contribution in [2.45, 2.75) is 24.5 Å². The summed E-state index contributed by atoms with van der Waals surface area (Å²) in [5, 5.41) is 0. The Morgan fingerprint density at radius 1 is 0.879 bits per heavy atom. The van der Waals surface area contributed by atoms with Crippen LogP contribution in [0.1, 0.15) is 22.6 Å². The third-order valence-corrected chi connectivity index (χ3v) is 5.69. The van der Waals surface area contributed by atoms with E-state index in [1.165, 1.54) is 7.11 Å². The van der Waals surface area contributed by atoms with Crippen molar-refractivity contribution in [2.75, 3.05) is 13.7 Å². The van der Waals surface area contributed by atoms with Crippen LogP contribution in [0.25, 0.3) is 11.1 Å². The fourth-order valence-corrected chi connectivity index (χ4v) is 4.15. The lowest BCUT2D eigenvalue weighted by Gasteiger charge is -2.22. The molecule has 7 heteroatoms. The number of methoxy groups -OCH3 is 1. The highest BCUT2D eigenvalue weighted by molar-refractivity contribution is 5.85. The number of fused-ring (bicyclic) bond motifs is 3. The molecule has 1 aliphatic rings. The fourth-order valence-electron chi connectivity index (χ4n) is 4.15. The van der Waals surface area contributed by atoms with Crippen LogP contribution in [-0.2, 0) is 25.4 Å². The molecule has 3 aromatic carbocycles. The Balaban J connectivity index is 0.00000306. The molecule has 33 heavy (non-hydrogen) atoms. The monoisotopic (exact) mass is 467 g/mol. The van der Waals surface area contributed by atoms with Gasteiger partial charge in [-0.05, 0) is 34.2 Å². The highest BCUT2D eigenvalue weighted by Gasteiger charge is 2.33. The molecule has 2 N–H and O–H groups in total. The van der Waals surface area contributed by atoms with Gasteiger partial charge in [0.1, 0.15) is 6.61 Å². The molecule has 4 rings (SSSR count). The van der Waals surface area contributed by atoms with E-state index in [1.807, 2.05) is 66.7 Å². The fraction of sp³-hybridized carbons (Fsp3) is 0.231. The van der Waals surface area contributed by atoms with Gasteiger partial charge in [0.25, 0.3) is 0 Å². The molecule has 172 valence electrons. The zero-order chi connectivity index (χ0) is 22.5. The van der Waals surface area contributed by atoms with Crippen LogP contribution < -0.4 is 5.73 Å². The number of rotatable bonds is 7. The molecular weight excluding hydrogens is 442 g/mol. The first-order chi connectivity index (χ1) is 15.6.